The van der Waals surface area contributed by atoms with Crippen molar-refractivity contribution in [2.45, 2.75) is 38.8 Å². The molecule has 5 heteroatoms. The van der Waals surface area contributed by atoms with Crippen LogP contribution in [0, 0.1) is 0 Å². The van der Waals surface area contributed by atoms with Crippen LogP contribution in [0.1, 0.15) is 42.5 Å². The number of amides is 1. The summed E-state index contributed by atoms with van der Waals surface area (Å²) in [6.45, 7) is 5.71. The lowest BCUT2D eigenvalue weighted by atomic mass is 10.1. The van der Waals surface area contributed by atoms with Crippen LogP contribution in [0.25, 0.3) is 0 Å². The Morgan fingerprint density at radius 2 is 2.29 bits per heavy atom. The maximum atomic E-state index is 11.8. The van der Waals surface area contributed by atoms with E-state index in [4.69, 9.17) is 9.15 Å². The fourth-order valence-corrected chi connectivity index (χ4v) is 2.60. The van der Waals surface area contributed by atoms with Crippen molar-refractivity contribution in [1.82, 2.24) is 9.80 Å². The Hall–Kier alpha value is -1.33. The normalized spacial score (nSPS) is 19.7. The minimum Gasteiger partial charge on any atom is -0.455 e. The van der Waals surface area contributed by atoms with Gasteiger partial charge in [0.05, 0.1) is 12.6 Å². The Morgan fingerprint density at radius 1 is 1.48 bits per heavy atom. The molecule has 0 bridgehead atoms. The molecule has 1 saturated heterocycles. The van der Waals surface area contributed by atoms with Gasteiger partial charge in [-0.25, -0.2) is 0 Å². The van der Waals surface area contributed by atoms with E-state index in [2.05, 4.69) is 11.8 Å². The number of ether oxygens (including phenoxy) is 1. The molecule has 1 aromatic rings. The van der Waals surface area contributed by atoms with Gasteiger partial charge in [-0.2, -0.15) is 0 Å². The molecule has 0 aromatic carbocycles. The highest BCUT2D eigenvalue weighted by Crippen LogP contribution is 2.18. The molecule has 2 heterocycles. The van der Waals surface area contributed by atoms with Crippen molar-refractivity contribution in [3.05, 3.63) is 23.7 Å². The number of rotatable bonds is 6. The van der Waals surface area contributed by atoms with Crippen LogP contribution >= 0.6 is 0 Å². The molecule has 0 N–H and O–H groups in total. The van der Waals surface area contributed by atoms with Crippen molar-refractivity contribution in [3.63, 3.8) is 0 Å². The van der Waals surface area contributed by atoms with Crippen molar-refractivity contribution in [2.24, 2.45) is 0 Å². The van der Waals surface area contributed by atoms with E-state index in [1.807, 2.05) is 6.07 Å². The van der Waals surface area contributed by atoms with Gasteiger partial charge in [0.1, 0.15) is 5.76 Å². The number of piperidine rings is 1. The molecule has 1 amide bonds. The van der Waals surface area contributed by atoms with Gasteiger partial charge >= 0.3 is 0 Å². The van der Waals surface area contributed by atoms with Crippen LogP contribution < -0.4 is 0 Å². The predicted molar refractivity (Wildman–Crippen MR) is 81.3 cm³/mol. The number of furan rings is 1. The van der Waals surface area contributed by atoms with E-state index in [0.717, 1.165) is 51.3 Å². The largest absolute Gasteiger partial charge is 0.455 e. The summed E-state index contributed by atoms with van der Waals surface area (Å²) in [6, 6.07) is 3.65. The van der Waals surface area contributed by atoms with Gasteiger partial charge in [0.15, 0.2) is 5.76 Å². The number of likely N-dealkylation sites (tertiary alicyclic amines) is 1. The van der Waals surface area contributed by atoms with Crippen LogP contribution in [0.5, 0.6) is 0 Å². The highest BCUT2D eigenvalue weighted by Gasteiger charge is 2.21. The highest BCUT2D eigenvalue weighted by molar-refractivity contribution is 5.91. The first-order valence-electron chi connectivity index (χ1n) is 7.74. The lowest BCUT2D eigenvalue weighted by molar-refractivity contribution is -0.00382. The van der Waals surface area contributed by atoms with E-state index in [1.54, 1.807) is 20.2 Å². The zero-order valence-corrected chi connectivity index (χ0v) is 13.3. The summed E-state index contributed by atoms with van der Waals surface area (Å²) in [5.74, 6) is 1.16. The number of nitrogens with zero attached hydrogens (tertiary/aromatic N) is 2. The van der Waals surface area contributed by atoms with Crippen molar-refractivity contribution >= 4 is 5.91 Å². The number of carbonyl (C=O) groups excluding carboxylic acids is 1. The first-order chi connectivity index (χ1) is 10.1. The van der Waals surface area contributed by atoms with E-state index in [0.29, 0.717) is 11.9 Å². The molecule has 1 aliphatic rings. The van der Waals surface area contributed by atoms with Gasteiger partial charge in [0.25, 0.3) is 5.91 Å². The molecule has 1 unspecified atom stereocenters. The Balaban J connectivity index is 1.88. The average molecular weight is 294 g/mol. The second kappa shape index (κ2) is 7.61. The summed E-state index contributed by atoms with van der Waals surface area (Å²) in [5, 5.41) is 0. The summed E-state index contributed by atoms with van der Waals surface area (Å²) in [4.78, 5) is 15.7. The van der Waals surface area contributed by atoms with Crippen LogP contribution in [0.2, 0.25) is 0 Å². The van der Waals surface area contributed by atoms with Gasteiger partial charge in [-0.1, -0.05) is 6.92 Å². The Bertz CT molecular complexity index is 456. The summed E-state index contributed by atoms with van der Waals surface area (Å²) in [5.41, 5.74) is 0. The minimum atomic E-state index is -0.0935. The van der Waals surface area contributed by atoms with Gasteiger partial charge in [-0.05, 0) is 37.9 Å². The third-order valence-electron chi connectivity index (χ3n) is 3.68. The molecule has 118 valence electrons. The first kappa shape index (κ1) is 16.0. The SMILES string of the molecule is CCCOC1CCCN(Cc2ccc(C(=O)N(C)C)o2)C1. The average Bonchev–Trinajstić information content (AvgIpc) is 2.93. The maximum absolute atomic E-state index is 11.8. The molecule has 0 aliphatic carbocycles. The second-order valence-electron chi connectivity index (χ2n) is 5.84. The van der Waals surface area contributed by atoms with Crippen molar-refractivity contribution in [1.29, 1.82) is 0 Å². The first-order valence-corrected chi connectivity index (χ1v) is 7.74. The molecule has 1 aromatic heterocycles. The molecule has 1 fully saturated rings. The van der Waals surface area contributed by atoms with Crippen LogP contribution in [0.15, 0.2) is 16.5 Å². The molecule has 0 spiro atoms. The van der Waals surface area contributed by atoms with Gasteiger partial charge in [-0.15, -0.1) is 0 Å². The number of carbonyl (C=O) groups is 1. The van der Waals surface area contributed by atoms with Gasteiger partial charge in [0, 0.05) is 27.2 Å². The third kappa shape index (κ3) is 4.58. The fraction of sp³-hybridized carbons (Fsp3) is 0.688. The Labute approximate surface area is 126 Å². The van der Waals surface area contributed by atoms with Crippen molar-refractivity contribution in [3.8, 4) is 0 Å². The fourth-order valence-electron chi connectivity index (χ4n) is 2.60. The lowest BCUT2D eigenvalue weighted by Crippen LogP contribution is -2.39. The second-order valence-corrected chi connectivity index (χ2v) is 5.84. The van der Waals surface area contributed by atoms with Gasteiger partial charge in [-0.3, -0.25) is 9.69 Å². The molecular formula is C16H26N2O3. The quantitative estimate of drug-likeness (QED) is 0.808. The van der Waals surface area contributed by atoms with Gasteiger partial charge in [0.2, 0.25) is 0 Å². The van der Waals surface area contributed by atoms with E-state index in [-0.39, 0.29) is 5.91 Å². The van der Waals surface area contributed by atoms with Crippen LogP contribution in [-0.4, -0.2) is 55.6 Å². The topological polar surface area (TPSA) is 45.9 Å². The predicted octanol–water partition coefficient (Wildman–Crippen LogP) is 2.37. The van der Waals surface area contributed by atoms with Crippen LogP contribution in [0.3, 0.4) is 0 Å². The van der Waals surface area contributed by atoms with Crippen molar-refractivity contribution < 1.29 is 13.9 Å². The molecular weight excluding hydrogens is 268 g/mol. The molecule has 0 radical (unpaired) electrons. The maximum Gasteiger partial charge on any atom is 0.289 e. The molecule has 0 saturated carbocycles. The zero-order chi connectivity index (χ0) is 15.2. The standard InChI is InChI=1S/C16H26N2O3/c1-4-10-20-13-6-5-9-18(11-13)12-14-7-8-15(21-14)16(19)17(2)3/h7-8,13H,4-6,9-12H2,1-3H3. The van der Waals surface area contributed by atoms with Crippen molar-refractivity contribution in [2.75, 3.05) is 33.8 Å². The lowest BCUT2D eigenvalue weighted by Gasteiger charge is -2.31. The Kier molecular flexibility index (Phi) is 5.82. The molecule has 1 aliphatic heterocycles. The number of hydrogen-bond donors (Lipinski definition) is 0. The zero-order valence-electron chi connectivity index (χ0n) is 13.3. The molecule has 1 atom stereocenters. The number of hydrogen-bond acceptors (Lipinski definition) is 4. The van der Waals surface area contributed by atoms with Gasteiger partial charge < -0.3 is 14.1 Å². The highest BCUT2D eigenvalue weighted by atomic mass is 16.5. The van der Waals surface area contributed by atoms with E-state index < -0.39 is 0 Å². The Morgan fingerprint density at radius 3 is 3.00 bits per heavy atom. The monoisotopic (exact) mass is 294 g/mol. The summed E-state index contributed by atoms with van der Waals surface area (Å²) >= 11 is 0. The summed E-state index contributed by atoms with van der Waals surface area (Å²) < 4.78 is 11.5. The summed E-state index contributed by atoms with van der Waals surface area (Å²) in [6.07, 6.45) is 3.68. The summed E-state index contributed by atoms with van der Waals surface area (Å²) in [7, 11) is 3.45. The van der Waals surface area contributed by atoms with E-state index >= 15 is 0 Å². The van der Waals surface area contributed by atoms with E-state index in [1.165, 1.54) is 4.90 Å². The van der Waals surface area contributed by atoms with Crippen LogP contribution in [-0.2, 0) is 11.3 Å². The smallest absolute Gasteiger partial charge is 0.289 e. The molecule has 2 rings (SSSR count). The molecule has 21 heavy (non-hydrogen) atoms. The minimum absolute atomic E-state index is 0.0935. The third-order valence-corrected chi connectivity index (χ3v) is 3.68. The van der Waals surface area contributed by atoms with Crippen LogP contribution in [0.4, 0.5) is 0 Å². The van der Waals surface area contributed by atoms with E-state index in [9.17, 15) is 4.79 Å². The molecule has 5 nitrogen and oxygen atoms in total.